The molecule has 0 spiro atoms. The third kappa shape index (κ3) is 3.60. The Balaban J connectivity index is 1.33. The number of fused-ring (bicyclic) bond motifs is 2. The lowest BCUT2D eigenvalue weighted by atomic mass is 10.0. The highest BCUT2D eigenvalue weighted by Gasteiger charge is 2.23. The number of ether oxygens (including phenoxy) is 3. The fourth-order valence-corrected chi connectivity index (χ4v) is 3.38. The van der Waals surface area contributed by atoms with E-state index in [1.807, 2.05) is 54.4 Å². The molecule has 1 unspecified atom stereocenters. The first-order chi connectivity index (χ1) is 12.7. The van der Waals surface area contributed by atoms with Gasteiger partial charge in [-0.1, -0.05) is 24.3 Å². The fourth-order valence-electron chi connectivity index (χ4n) is 3.38. The lowest BCUT2D eigenvalue weighted by Crippen LogP contribution is -2.38. The maximum Gasteiger partial charge on any atom is 0.234 e. The van der Waals surface area contributed by atoms with E-state index in [0.717, 1.165) is 34.8 Å². The first-order valence-electron chi connectivity index (χ1n) is 8.77. The predicted molar refractivity (Wildman–Crippen MR) is 96.3 cm³/mol. The minimum atomic E-state index is 0.00592. The highest BCUT2D eigenvalue weighted by molar-refractivity contribution is 5.78. The van der Waals surface area contributed by atoms with Crippen LogP contribution in [0.2, 0.25) is 0 Å². The molecule has 0 bridgehead atoms. The van der Waals surface area contributed by atoms with Gasteiger partial charge in [0.25, 0.3) is 0 Å². The Kier molecular flexibility index (Phi) is 4.67. The number of para-hydroxylation sites is 1. The first kappa shape index (κ1) is 16.7. The Hall–Kier alpha value is -2.73. The lowest BCUT2D eigenvalue weighted by molar-refractivity contribution is -0.123. The van der Waals surface area contributed by atoms with Gasteiger partial charge < -0.3 is 19.5 Å². The number of likely N-dealkylation sites (N-methyl/N-ethyl adjacent to an activating group) is 1. The summed E-state index contributed by atoms with van der Waals surface area (Å²) in [6.45, 7) is 1.88. The molecule has 4 rings (SSSR count). The van der Waals surface area contributed by atoms with E-state index in [9.17, 15) is 4.79 Å². The predicted octanol–water partition coefficient (Wildman–Crippen LogP) is 2.49. The second kappa shape index (κ2) is 7.25. The van der Waals surface area contributed by atoms with Crippen molar-refractivity contribution in [3.8, 4) is 17.2 Å². The molecule has 1 N–H and O–H groups in total. The summed E-state index contributed by atoms with van der Waals surface area (Å²) in [5, 5.41) is 3.13. The fraction of sp³-hybridized carbons (Fsp3) is 0.350. The molecule has 0 saturated heterocycles. The standard InChI is InChI=1S/C20H22N2O4/c1-22(11-14-6-7-18-19(10-14)26-13-25-18)12-20(23)21-16-8-9-24-17-5-3-2-4-15(16)17/h2-7,10,16H,8-9,11-13H2,1H3,(H,21,23). The van der Waals surface area contributed by atoms with Crippen molar-refractivity contribution >= 4 is 5.91 Å². The van der Waals surface area contributed by atoms with Crippen LogP contribution < -0.4 is 19.5 Å². The second-order valence-corrected chi connectivity index (χ2v) is 6.65. The number of rotatable bonds is 5. The molecule has 0 aliphatic carbocycles. The van der Waals surface area contributed by atoms with Crippen molar-refractivity contribution in [1.29, 1.82) is 0 Å². The summed E-state index contributed by atoms with van der Waals surface area (Å²) in [5.41, 5.74) is 2.13. The summed E-state index contributed by atoms with van der Waals surface area (Å²) >= 11 is 0. The van der Waals surface area contributed by atoms with Gasteiger partial charge in [-0.05, 0) is 30.8 Å². The number of benzene rings is 2. The van der Waals surface area contributed by atoms with E-state index in [4.69, 9.17) is 14.2 Å². The number of hydrogen-bond acceptors (Lipinski definition) is 5. The summed E-state index contributed by atoms with van der Waals surface area (Å²) in [5.74, 6) is 2.40. The van der Waals surface area contributed by atoms with Gasteiger partial charge in [-0.2, -0.15) is 0 Å². The van der Waals surface area contributed by atoms with Crippen LogP contribution in [0.15, 0.2) is 42.5 Å². The zero-order valence-corrected chi connectivity index (χ0v) is 14.7. The van der Waals surface area contributed by atoms with Gasteiger partial charge in [0.2, 0.25) is 12.7 Å². The third-order valence-corrected chi connectivity index (χ3v) is 4.60. The summed E-state index contributed by atoms with van der Waals surface area (Å²) in [4.78, 5) is 14.5. The van der Waals surface area contributed by atoms with E-state index in [2.05, 4.69) is 5.32 Å². The van der Waals surface area contributed by atoms with Gasteiger partial charge in [0.1, 0.15) is 5.75 Å². The van der Waals surface area contributed by atoms with E-state index < -0.39 is 0 Å². The highest BCUT2D eigenvalue weighted by atomic mass is 16.7. The van der Waals surface area contributed by atoms with Gasteiger partial charge in [-0.25, -0.2) is 0 Å². The molecule has 6 heteroatoms. The van der Waals surface area contributed by atoms with Crippen molar-refractivity contribution in [2.24, 2.45) is 0 Å². The van der Waals surface area contributed by atoms with Gasteiger partial charge in [0.05, 0.1) is 19.2 Å². The third-order valence-electron chi connectivity index (χ3n) is 4.60. The number of carbonyl (C=O) groups excluding carboxylic acids is 1. The van der Waals surface area contributed by atoms with Gasteiger partial charge in [-0.15, -0.1) is 0 Å². The van der Waals surface area contributed by atoms with E-state index in [1.165, 1.54) is 0 Å². The molecular formula is C20H22N2O4. The number of carbonyl (C=O) groups is 1. The van der Waals surface area contributed by atoms with Crippen LogP contribution in [0.1, 0.15) is 23.6 Å². The maximum atomic E-state index is 12.5. The van der Waals surface area contributed by atoms with Gasteiger partial charge in [-0.3, -0.25) is 9.69 Å². The zero-order valence-electron chi connectivity index (χ0n) is 14.7. The molecule has 0 saturated carbocycles. The van der Waals surface area contributed by atoms with Crippen LogP contribution in [0.3, 0.4) is 0 Å². The second-order valence-electron chi connectivity index (χ2n) is 6.65. The molecule has 0 fully saturated rings. The minimum absolute atomic E-state index is 0.00592. The van der Waals surface area contributed by atoms with Crippen LogP contribution >= 0.6 is 0 Å². The molecule has 6 nitrogen and oxygen atoms in total. The van der Waals surface area contributed by atoms with Crippen LogP contribution in [-0.2, 0) is 11.3 Å². The van der Waals surface area contributed by atoms with Crippen molar-refractivity contribution in [3.63, 3.8) is 0 Å². The molecule has 2 aliphatic heterocycles. The van der Waals surface area contributed by atoms with E-state index >= 15 is 0 Å². The van der Waals surface area contributed by atoms with E-state index in [-0.39, 0.29) is 18.7 Å². The molecule has 1 atom stereocenters. The topological polar surface area (TPSA) is 60.0 Å². The molecular weight excluding hydrogens is 332 g/mol. The number of amides is 1. The quantitative estimate of drug-likeness (QED) is 0.894. The largest absolute Gasteiger partial charge is 0.493 e. The van der Waals surface area contributed by atoms with Crippen LogP contribution in [0.4, 0.5) is 0 Å². The van der Waals surface area contributed by atoms with Crippen LogP contribution in [0.5, 0.6) is 17.2 Å². The molecule has 26 heavy (non-hydrogen) atoms. The number of hydrogen-bond donors (Lipinski definition) is 1. The molecule has 136 valence electrons. The van der Waals surface area contributed by atoms with Crippen molar-refractivity contribution in [1.82, 2.24) is 10.2 Å². The maximum absolute atomic E-state index is 12.5. The Labute approximate surface area is 152 Å². The average molecular weight is 354 g/mol. The van der Waals surface area contributed by atoms with Gasteiger partial charge in [0.15, 0.2) is 11.5 Å². The van der Waals surface area contributed by atoms with E-state index in [0.29, 0.717) is 19.7 Å². The van der Waals surface area contributed by atoms with Crippen molar-refractivity contribution in [3.05, 3.63) is 53.6 Å². The number of nitrogens with zero attached hydrogens (tertiary/aromatic N) is 1. The normalized spacial score (nSPS) is 17.5. The Bertz CT molecular complexity index is 808. The van der Waals surface area contributed by atoms with Crippen LogP contribution in [0, 0.1) is 0 Å². The Morgan fingerprint density at radius 3 is 2.88 bits per heavy atom. The van der Waals surface area contributed by atoms with E-state index in [1.54, 1.807) is 0 Å². The average Bonchev–Trinajstić information content (AvgIpc) is 3.09. The molecule has 2 heterocycles. The van der Waals surface area contributed by atoms with Crippen molar-refractivity contribution < 1.29 is 19.0 Å². The summed E-state index contributed by atoms with van der Waals surface area (Å²) in [6, 6.07) is 13.7. The minimum Gasteiger partial charge on any atom is -0.493 e. The van der Waals surface area contributed by atoms with Gasteiger partial charge >= 0.3 is 0 Å². The first-order valence-corrected chi connectivity index (χ1v) is 8.77. The molecule has 1 amide bonds. The zero-order chi connectivity index (χ0) is 17.9. The monoisotopic (exact) mass is 354 g/mol. The van der Waals surface area contributed by atoms with Crippen molar-refractivity contribution in [2.45, 2.75) is 19.0 Å². The van der Waals surface area contributed by atoms with Gasteiger partial charge in [0, 0.05) is 18.5 Å². The highest BCUT2D eigenvalue weighted by Crippen LogP contribution is 2.33. The molecule has 2 aliphatic rings. The summed E-state index contributed by atoms with van der Waals surface area (Å²) in [6.07, 6.45) is 0.786. The Morgan fingerprint density at radius 2 is 1.96 bits per heavy atom. The SMILES string of the molecule is CN(CC(=O)NC1CCOc2ccccc21)Cc1ccc2c(c1)OCO2. The lowest BCUT2D eigenvalue weighted by Gasteiger charge is -2.27. The van der Waals surface area contributed by atoms with Crippen LogP contribution in [0.25, 0.3) is 0 Å². The molecule has 2 aromatic carbocycles. The summed E-state index contributed by atoms with van der Waals surface area (Å²) in [7, 11) is 1.93. The van der Waals surface area contributed by atoms with Crippen LogP contribution in [-0.4, -0.2) is 37.8 Å². The van der Waals surface area contributed by atoms with Crippen molar-refractivity contribution in [2.75, 3.05) is 27.0 Å². The molecule has 2 aromatic rings. The molecule has 0 radical (unpaired) electrons. The molecule has 0 aromatic heterocycles. The Morgan fingerprint density at radius 1 is 1.12 bits per heavy atom. The smallest absolute Gasteiger partial charge is 0.234 e. The summed E-state index contributed by atoms with van der Waals surface area (Å²) < 4.78 is 16.4. The number of nitrogens with one attached hydrogen (secondary N) is 1.